The van der Waals surface area contributed by atoms with Crippen molar-refractivity contribution in [1.29, 1.82) is 0 Å². The fourth-order valence-corrected chi connectivity index (χ4v) is 1.89. The number of halogens is 1. The predicted octanol–water partition coefficient (Wildman–Crippen LogP) is 2.11. The summed E-state index contributed by atoms with van der Waals surface area (Å²) in [5.41, 5.74) is -0.682. The van der Waals surface area contributed by atoms with E-state index in [4.69, 9.17) is 18.8 Å². The first-order valence-corrected chi connectivity index (χ1v) is 6.54. The summed E-state index contributed by atoms with van der Waals surface area (Å²) >= 11 is 0. The molecule has 1 aromatic carbocycles. The van der Waals surface area contributed by atoms with Crippen molar-refractivity contribution in [2.24, 2.45) is 0 Å². The van der Waals surface area contributed by atoms with Gasteiger partial charge in [-0.1, -0.05) is 0 Å². The van der Waals surface area contributed by atoms with Crippen LogP contribution in [0.2, 0.25) is 0 Å². The number of methoxy groups -OCH3 is 1. The Kier molecular flexibility index (Phi) is 4.09. The molecule has 2 rings (SSSR count). The van der Waals surface area contributed by atoms with Gasteiger partial charge in [-0.3, -0.25) is 0 Å². The molecule has 1 fully saturated rings. The Hall–Kier alpha value is -1.11. The Balaban J connectivity index is 2.25. The Morgan fingerprint density at radius 1 is 1.15 bits per heavy atom. The maximum absolute atomic E-state index is 14.0. The summed E-state index contributed by atoms with van der Waals surface area (Å²) in [6.07, 6.45) is 0. The fraction of sp³-hybridized carbons (Fsp3) is 0.571. The molecule has 4 nitrogen and oxygen atoms in total. The Labute approximate surface area is 119 Å². The van der Waals surface area contributed by atoms with Gasteiger partial charge in [0, 0.05) is 12.6 Å². The predicted molar refractivity (Wildman–Crippen MR) is 74.6 cm³/mol. The summed E-state index contributed by atoms with van der Waals surface area (Å²) < 4.78 is 35.8. The molecular formula is C14H20BFO4. The van der Waals surface area contributed by atoms with Crippen LogP contribution in [0.5, 0.6) is 5.75 Å². The number of hydrogen-bond acceptors (Lipinski definition) is 4. The third-order valence-corrected chi connectivity index (χ3v) is 3.82. The zero-order chi connectivity index (χ0) is 15.0. The minimum absolute atomic E-state index is 0.106. The third kappa shape index (κ3) is 2.82. The average molecular weight is 282 g/mol. The normalized spacial score (nSPS) is 20.2. The van der Waals surface area contributed by atoms with Crippen LogP contribution in [0.25, 0.3) is 0 Å². The number of rotatable bonds is 4. The van der Waals surface area contributed by atoms with Crippen LogP contribution in [-0.2, 0) is 14.0 Å². The lowest BCUT2D eigenvalue weighted by Gasteiger charge is -2.32. The highest BCUT2D eigenvalue weighted by atomic mass is 19.1. The summed E-state index contributed by atoms with van der Waals surface area (Å²) in [7, 11) is 0.782. The Morgan fingerprint density at radius 3 is 2.30 bits per heavy atom. The van der Waals surface area contributed by atoms with Crippen LogP contribution < -0.4 is 10.2 Å². The quantitative estimate of drug-likeness (QED) is 0.626. The molecule has 1 aromatic rings. The molecule has 0 amide bonds. The molecule has 0 bridgehead atoms. The van der Waals surface area contributed by atoms with E-state index in [2.05, 4.69) is 0 Å². The molecule has 0 N–H and O–H groups in total. The van der Waals surface area contributed by atoms with Crippen molar-refractivity contribution in [1.82, 2.24) is 0 Å². The number of hydrogen-bond donors (Lipinski definition) is 0. The van der Waals surface area contributed by atoms with Gasteiger partial charge in [0.15, 0.2) is 6.79 Å². The second kappa shape index (κ2) is 5.35. The van der Waals surface area contributed by atoms with E-state index in [1.807, 2.05) is 27.7 Å². The highest BCUT2D eigenvalue weighted by Crippen LogP contribution is 2.36. The van der Waals surface area contributed by atoms with Crippen LogP contribution in [0.3, 0.4) is 0 Å². The highest BCUT2D eigenvalue weighted by molar-refractivity contribution is 6.62. The molecule has 20 heavy (non-hydrogen) atoms. The molecule has 6 heteroatoms. The SMILES string of the molecule is COCOc1ccc(F)c(B2OC(C)(C)C(C)(C)O2)c1. The molecule has 0 atom stereocenters. The molecule has 0 saturated carbocycles. The van der Waals surface area contributed by atoms with Crippen molar-refractivity contribution in [3.63, 3.8) is 0 Å². The van der Waals surface area contributed by atoms with Crippen molar-refractivity contribution in [3.05, 3.63) is 24.0 Å². The second-order valence-electron chi connectivity index (χ2n) is 5.82. The fourth-order valence-electron chi connectivity index (χ4n) is 1.89. The highest BCUT2D eigenvalue weighted by Gasteiger charge is 2.52. The molecule has 1 heterocycles. The van der Waals surface area contributed by atoms with E-state index in [1.165, 1.54) is 13.2 Å². The molecule has 0 aromatic heterocycles. The summed E-state index contributed by atoms with van der Waals surface area (Å²) in [6.45, 7) is 7.81. The van der Waals surface area contributed by atoms with E-state index in [0.717, 1.165) is 0 Å². The van der Waals surface area contributed by atoms with Crippen molar-refractivity contribution in [2.75, 3.05) is 13.9 Å². The van der Waals surface area contributed by atoms with Crippen molar-refractivity contribution >= 4 is 12.6 Å². The molecule has 1 aliphatic rings. The van der Waals surface area contributed by atoms with E-state index in [9.17, 15) is 4.39 Å². The average Bonchev–Trinajstić information content (AvgIpc) is 2.57. The summed E-state index contributed by atoms with van der Waals surface area (Å²) in [5.74, 6) is 0.131. The maximum atomic E-state index is 14.0. The first kappa shape index (κ1) is 15.3. The van der Waals surface area contributed by atoms with Crippen LogP contribution in [-0.4, -0.2) is 32.2 Å². The summed E-state index contributed by atoms with van der Waals surface area (Å²) in [4.78, 5) is 0. The standard InChI is InChI=1S/C14H20BFO4/c1-13(2)14(3,4)20-15(19-13)11-8-10(18-9-17-5)6-7-12(11)16/h6-8H,9H2,1-5H3. The summed E-state index contributed by atoms with van der Waals surface area (Å²) in [6, 6.07) is 4.46. The van der Waals surface area contributed by atoms with Gasteiger partial charge < -0.3 is 18.8 Å². The van der Waals surface area contributed by atoms with Crippen molar-refractivity contribution in [2.45, 2.75) is 38.9 Å². The second-order valence-corrected chi connectivity index (χ2v) is 5.82. The van der Waals surface area contributed by atoms with E-state index >= 15 is 0 Å². The topological polar surface area (TPSA) is 36.9 Å². The van der Waals surface area contributed by atoms with Gasteiger partial charge in [-0.25, -0.2) is 4.39 Å². The van der Waals surface area contributed by atoms with Crippen LogP contribution in [0, 0.1) is 5.82 Å². The Bertz CT molecular complexity index is 474. The van der Waals surface area contributed by atoms with Crippen LogP contribution in [0.4, 0.5) is 4.39 Å². The molecule has 110 valence electrons. The largest absolute Gasteiger partial charge is 0.497 e. The van der Waals surface area contributed by atoms with Crippen molar-refractivity contribution in [3.8, 4) is 5.75 Å². The number of ether oxygens (including phenoxy) is 2. The molecule has 0 aliphatic carbocycles. The first-order chi connectivity index (χ1) is 9.27. The van der Waals surface area contributed by atoms with Gasteiger partial charge in [-0.2, -0.15) is 0 Å². The van der Waals surface area contributed by atoms with Gasteiger partial charge in [-0.15, -0.1) is 0 Å². The van der Waals surface area contributed by atoms with E-state index in [0.29, 0.717) is 11.2 Å². The lowest BCUT2D eigenvalue weighted by molar-refractivity contribution is 0.00578. The molecule has 0 spiro atoms. The monoisotopic (exact) mass is 282 g/mol. The zero-order valence-corrected chi connectivity index (χ0v) is 12.5. The van der Waals surface area contributed by atoms with Gasteiger partial charge >= 0.3 is 7.12 Å². The van der Waals surface area contributed by atoms with E-state index in [1.54, 1.807) is 12.1 Å². The lowest BCUT2D eigenvalue weighted by atomic mass is 9.78. The van der Waals surface area contributed by atoms with Gasteiger partial charge in [-0.05, 0) is 45.9 Å². The maximum Gasteiger partial charge on any atom is 0.497 e. The number of benzene rings is 1. The van der Waals surface area contributed by atoms with Gasteiger partial charge in [0.05, 0.1) is 11.2 Å². The third-order valence-electron chi connectivity index (χ3n) is 3.82. The lowest BCUT2D eigenvalue weighted by Crippen LogP contribution is -2.41. The van der Waals surface area contributed by atoms with Crippen LogP contribution >= 0.6 is 0 Å². The molecule has 1 saturated heterocycles. The van der Waals surface area contributed by atoms with Crippen molar-refractivity contribution < 1.29 is 23.2 Å². The van der Waals surface area contributed by atoms with Gasteiger partial charge in [0.25, 0.3) is 0 Å². The molecule has 0 unspecified atom stereocenters. The van der Waals surface area contributed by atoms with E-state index in [-0.39, 0.29) is 12.6 Å². The summed E-state index contributed by atoms with van der Waals surface area (Å²) in [5, 5.41) is 0. The molecule has 0 radical (unpaired) electrons. The molecule has 1 aliphatic heterocycles. The zero-order valence-electron chi connectivity index (χ0n) is 12.5. The van der Waals surface area contributed by atoms with E-state index < -0.39 is 18.3 Å². The minimum atomic E-state index is -0.744. The first-order valence-electron chi connectivity index (χ1n) is 6.54. The minimum Gasteiger partial charge on any atom is -0.468 e. The Morgan fingerprint density at radius 2 is 1.75 bits per heavy atom. The smallest absolute Gasteiger partial charge is 0.468 e. The van der Waals surface area contributed by atoms with Crippen LogP contribution in [0.15, 0.2) is 18.2 Å². The van der Waals surface area contributed by atoms with Gasteiger partial charge in [0.2, 0.25) is 0 Å². The van der Waals surface area contributed by atoms with Gasteiger partial charge in [0.1, 0.15) is 11.6 Å². The molecular weight excluding hydrogens is 262 g/mol. The van der Waals surface area contributed by atoms with Crippen LogP contribution in [0.1, 0.15) is 27.7 Å².